The van der Waals surface area contributed by atoms with E-state index in [1.165, 1.54) is 19.4 Å². The minimum absolute atomic E-state index is 0.314. The Morgan fingerprint density at radius 2 is 2.00 bits per heavy atom. The predicted molar refractivity (Wildman–Crippen MR) is 56.9 cm³/mol. The Balaban J connectivity index is 1.78. The van der Waals surface area contributed by atoms with Crippen molar-refractivity contribution in [2.24, 2.45) is 17.6 Å². The Kier molecular flexibility index (Phi) is 3.42. The Labute approximate surface area is 86.3 Å². The van der Waals surface area contributed by atoms with Crippen LogP contribution in [0.3, 0.4) is 0 Å². The summed E-state index contributed by atoms with van der Waals surface area (Å²) in [6.07, 6.45) is 4.85. The zero-order valence-electron chi connectivity index (χ0n) is 8.86. The van der Waals surface area contributed by atoms with E-state index >= 15 is 0 Å². The van der Waals surface area contributed by atoms with Crippen LogP contribution >= 0.6 is 0 Å². The number of aliphatic hydroxyl groups excluding tert-OH is 1. The van der Waals surface area contributed by atoms with Gasteiger partial charge in [0.15, 0.2) is 0 Å². The van der Waals surface area contributed by atoms with Gasteiger partial charge in [-0.3, -0.25) is 0 Å². The van der Waals surface area contributed by atoms with Crippen LogP contribution in [-0.4, -0.2) is 42.3 Å². The first kappa shape index (κ1) is 10.4. The monoisotopic (exact) mass is 198 g/mol. The van der Waals surface area contributed by atoms with Gasteiger partial charge in [-0.15, -0.1) is 0 Å². The third-order valence-electron chi connectivity index (χ3n) is 3.40. The van der Waals surface area contributed by atoms with Gasteiger partial charge < -0.3 is 15.7 Å². The molecule has 0 aromatic rings. The lowest BCUT2D eigenvalue weighted by Crippen LogP contribution is -2.47. The Bertz CT molecular complexity index is 180. The summed E-state index contributed by atoms with van der Waals surface area (Å²) < 4.78 is 0. The third-order valence-corrected chi connectivity index (χ3v) is 3.40. The molecule has 2 aliphatic rings. The first-order valence-corrected chi connectivity index (χ1v) is 5.86. The molecule has 0 aromatic heterocycles. The maximum Gasteiger partial charge on any atom is 0.0434 e. The molecule has 1 aliphatic heterocycles. The first-order chi connectivity index (χ1) is 6.78. The second-order valence-corrected chi connectivity index (χ2v) is 5.04. The van der Waals surface area contributed by atoms with Gasteiger partial charge in [0.25, 0.3) is 0 Å². The second-order valence-electron chi connectivity index (χ2n) is 5.04. The summed E-state index contributed by atoms with van der Waals surface area (Å²) in [6, 6.07) is 0.332. The summed E-state index contributed by atoms with van der Waals surface area (Å²) in [6.45, 7) is 3.79. The first-order valence-electron chi connectivity index (χ1n) is 5.86. The molecule has 2 unspecified atom stereocenters. The van der Waals surface area contributed by atoms with E-state index in [1.54, 1.807) is 0 Å². The van der Waals surface area contributed by atoms with Crippen molar-refractivity contribution < 1.29 is 5.11 Å². The van der Waals surface area contributed by atoms with Crippen LogP contribution in [0.2, 0.25) is 0 Å². The molecule has 3 heteroatoms. The lowest BCUT2D eigenvalue weighted by Gasteiger charge is -2.36. The lowest BCUT2D eigenvalue weighted by molar-refractivity contribution is 0.129. The summed E-state index contributed by atoms with van der Waals surface area (Å²) >= 11 is 0. The predicted octanol–water partition coefficient (Wildman–Crippen LogP) is 0.428. The largest absolute Gasteiger partial charge is 0.396 e. The molecule has 2 rings (SSSR count). The highest BCUT2D eigenvalue weighted by Crippen LogP contribution is 2.31. The van der Waals surface area contributed by atoms with Crippen LogP contribution < -0.4 is 5.73 Å². The van der Waals surface area contributed by atoms with Crippen molar-refractivity contribution in [3.8, 4) is 0 Å². The number of aliphatic hydroxyl groups is 1. The molecule has 1 saturated carbocycles. The zero-order valence-corrected chi connectivity index (χ0v) is 8.86. The van der Waals surface area contributed by atoms with Crippen molar-refractivity contribution in [1.82, 2.24) is 4.90 Å². The van der Waals surface area contributed by atoms with Crippen molar-refractivity contribution >= 4 is 0 Å². The number of likely N-dealkylation sites (tertiary alicyclic amines) is 1. The molecule has 0 aromatic carbocycles. The van der Waals surface area contributed by atoms with E-state index in [1.807, 2.05) is 0 Å². The fourth-order valence-corrected chi connectivity index (χ4v) is 2.55. The Hall–Kier alpha value is -0.120. The van der Waals surface area contributed by atoms with Gasteiger partial charge in [0, 0.05) is 32.3 Å². The quantitative estimate of drug-likeness (QED) is 0.688. The molecule has 2 fully saturated rings. The summed E-state index contributed by atoms with van der Waals surface area (Å²) in [4.78, 5) is 2.51. The number of nitrogens with zero attached hydrogens (tertiary/aromatic N) is 1. The van der Waals surface area contributed by atoms with Crippen molar-refractivity contribution in [2.75, 3.05) is 26.2 Å². The highest BCUT2D eigenvalue weighted by Gasteiger charge is 2.29. The molecule has 3 nitrogen and oxygen atoms in total. The standard InChI is InChI=1S/C11H22N2O/c12-11-5-10(3-4-14)7-13(8-11)6-9-1-2-9/h9-11,14H,1-8,12H2. The van der Waals surface area contributed by atoms with Crippen LogP contribution in [0, 0.1) is 11.8 Å². The Morgan fingerprint density at radius 3 is 2.64 bits per heavy atom. The molecule has 1 heterocycles. The molecule has 14 heavy (non-hydrogen) atoms. The zero-order chi connectivity index (χ0) is 9.97. The minimum Gasteiger partial charge on any atom is -0.396 e. The number of hydrogen-bond acceptors (Lipinski definition) is 3. The van der Waals surface area contributed by atoms with Crippen molar-refractivity contribution in [3.05, 3.63) is 0 Å². The average Bonchev–Trinajstić information content (AvgIpc) is 2.87. The summed E-state index contributed by atoms with van der Waals surface area (Å²) in [5.41, 5.74) is 6.02. The Morgan fingerprint density at radius 1 is 1.21 bits per heavy atom. The molecule has 82 valence electrons. The molecule has 3 N–H and O–H groups in total. The summed E-state index contributed by atoms with van der Waals surface area (Å²) in [5.74, 6) is 1.58. The van der Waals surface area contributed by atoms with E-state index in [0.717, 1.165) is 31.8 Å². The molecule has 1 aliphatic carbocycles. The van der Waals surface area contributed by atoms with Crippen molar-refractivity contribution in [3.63, 3.8) is 0 Å². The highest BCUT2D eigenvalue weighted by atomic mass is 16.3. The molecular weight excluding hydrogens is 176 g/mol. The van der Waals surface area contributed by atoms with Gasteiger partial charge in [-0.2, -0.15) is 0 Å². The van der Waals surface area contributed by atoms with E-state index < -0.39 is 0 Å². The van der Waals surface area contributed by atoms with E-state index in [0.29, 0.717) is 18.6 Å². The van der Waals surface area contributed by atoms with E-state index in [4.69, 9.17) is 10.8 Å². The number of nitrogens with two attached hydrogens (primary N) is 1. The maximum atomic E-state index is 8.93. The van der Waals surface area contributed by atoms with Crippen molar-refractivity contribution in [1.29, 1.82) is 0 Å². The third kappa shape index (κ3) is 2.94. The van der Waals surface area contributed by atoms with Crippen LogP contribution in [0.1, 0.15) is 25.7 Å². The van der Waals surface area contributed by atoms with E-state index in [9.17, 15) is 0 Å². The molecular formula is C11H22N2O. The molecule has 0 radical (unpaired) electrons. The van der Waals surface area contributed by atoms with E-state index in [-0.39, 0.29) is 0 Å². The van der Waals surface area contributed by atoms with Crippen LogP contribution in [-0.2, 0) is 0 Å². The lowest BCUT2D eigenvalue weighted by atomic mass is 9.92. The number of piperidine rings is 1. The van der Waals surface area contributed by atoms with Crippen LogP contribution in [0.4, 0.5) is 0 Å². The minimum atomic E-state index is 0.314. The van der Waals surface area contributed by atoms with Gasteiger partial charge in [-0.05, 0) is 37.5 Å². The van der Waals surface area contributed by atoms with E-state index in [2.05, 4.69) is 4.90 Å². The molecule has 0 spiro atoms. The van der Waals surface area contributed by atoms with Crippen LogP contribution in [0.15, 0.2) is 0 Å². The van der Waals surface area contributed by atoms with Crippen molar-refractivity contribution in [2.45, 2.75) is 31.7 Å². The second kappa shape index (κ2) is 4.60. The SMILES string of the molecule is NC1CC(CCO)CN(CC2CC2)C1. The van der Waals surface area contributed by atoms with Gasteiger partial charge in [0.2, 0.25) is 0 Å². The van der Waals surface area contributed by atoms with Gasteiger partial charge in [0.05, 0.1) is 0 Å². The molecule has 1 saturated heterocycles. The molecule has 0 bridgehead atoms. The average molecular weight is 198 g/mol. The number of hydrogen-bond donors (Lipinski definition) is 2. The smallest absolute Gasteiger partial charge is 0.0434 e. The highest BCUT2D eigenvalue weighted by molar-refractivity contribution is 4.85. The fraction of sp³-hybridized carbons (Fsp3) is 1.00. The normalized spacial score (nSPS) is 34.7. The summed E-state index contributed by atoms with van der Waals surface area (Å²) in [5, 5.41) is 8.93. The van der Waals surface area contributed by atoms with Gasteiger partial charge in [-0.25, -0.2) is 0 Å². The molecule has 0 amide bonds. The van der Waals surface area contributed by atoms with Crippen LogP contribution in [0.25, 0.3) is 0 Å². The topological polar surface area (TPSA) is 49.5 Å². The van der Waals surface area contributed by atoms with Gasteiger partial charge in [0.1, 0.15) is 0 Å². The molecule has 2 atom stereocenters. The van der Waals surface area contributed by atoms with Gasteiger partial charge >= 0.3 is 0 Å². The van der Waals surface area contributed by atoms with Crippen LogP contribution in [0.5, 0.6) is 0 Å². The fourth-order valence-electron chi connectivity index (χ4n) is 2.55. The van der Waals surface area contributed by atoms with Gasteiger partial charge in [-0.1, -0.05) is 0 Å². The summed E-state index contributed by atoms with van der Waals surface area (Å²) in [7, 11) is 0. The maximum absolute atomic E-state index is 8.93. The number of rotatable bonds is 4.